The molecule has 0 aromatic heterocycles. The number of aliphatic hydroxyl groups excluding tert-OH is 1. The van der Waals surface area contributed by atoms with Crippen molar-refractivity contribution in [1.29, 1.82) is 0 Å². The summed E-state index contributed by atoms with van der Waals surface area (Å²) in [7, 11) is 4.22. The summed E-state index contributed by atoms with van der Waals surface area (Å²) < 4.78 is 6.52. The van der Waals surface area contributed by atoms with E-state index in [1.165, 1.54) is 37.7 Å². The van der Waals surface area contributed by atoms with E-state index in [0.29, 0.717) is 36.0 Å². The van der Waals surface area contributed by atoms with Crippen LogP contribution in [0.2, 0.25) is 0 Å². The first-order valence-electron chi connectivity index (χ1n) is 15.8. The highest BCUT2D eigenvalue weighted by Gasteiger charge is 2.68. The van der Waals surface area contributed by atoms with Gasteiger partial charge in [0.15, 0.2) is 5.90 Å². The highest BCUT2D eigenvalue weighted by molar-refractivity contribution is 5.84. The quantitative estimate of drug-likeness (QED) is 0.457. The normalized spacial score (nSPS) is 48.1. The molecule has 5 nitrogen and oxygen atoms in total. The molecule has 0 aromatic carbocycles. The Kier molecular flexibility index (Phi) is 6.70. The second-order valence-corrected chi connectivity index (χ2v) is 15.2. The van der Waals surface area contributed by atoms with E-state index in [1.54, 1.807) is 0 Å². The Morgan fingerprint density at radius 2 is 1.82 bits per heavy atom. The van der Waals surface area contributed by atoms with Crippen molar-refractivity contribution >= 4 is 11.7 Å². The van der Waals surface area contributed by atoms with Crippen molar-refractivity contribution in [3.05, 3.63) is 11.6 Å². The van der Waals surface area contributed by atoms with Crippen LogP contribution in [0, 0.1) is 45.8 Å². The van der Waals surface area contributed by atoms with Crippen LogP contribution < -0.4 is 0 Å². The van der Waals surface area contributed by atoms with Gasteiger partial charge >= 0.3 is 0 Å². The molecule has 0 bridgehead atoms. The van der Waals surface area contributed by atoms with E-state index < -0.39 is 0 Å². The van der Waals surface area contributed by atoms with Gasteiger partial charge in [0, 0.05) is 35.6 Å². The van der Waals surface area contributed by atoms with Gasteiger partial charge in [-0.2, -0.15) is 0 Å². The molecular weight excluding hydrogens is 472 g/mol. The van der Waals surface area contributed by atoms with Crippen LogP contribution >= 0.6 is 0 Å². The zero-order chi connectivity index (χ0) is 27.0. The second kappa shape index (κ2) is 9.43. The molecule has 0 amide bonds. The molecule has 6 rings (SSSR count). The molecule has 0 saturated heterocycles. The SMILES string of the molecule is C[C@@H]([C@H]1[C@H](O)C[C@@]2(C)C3CCC4C(=CCC5N=C(C6CCCCC6)OC[C@]54C)CC3C(=O)C[C@]12C)N(C)C. The Hall–Kier alpha value is -1.20. The smallest absolute Gasteiger partial charge is 0.186 e. The molecule has 5 heteroatoms. The maximum Gasteiger partial charge on any atom is 0.186 e. The molecule has 0 spiro atoms. The van der Waals surface area contributed by atoms with Gasteiger partial charge in [0.05, 0.1) is 18.8 Å². The minimum absolute atomic E-state index is 0.0140. The van der Waals surface area contributed by atoms with Crippen LogP contribution in [-0.4, -0.2) is 60.6 Å². The predicted octanol–water partition coefficient (Wildman–Crippen LogP) is 6.05. The molecule has 212 valence electrons. The van der Waals surface area contributed by atoms with E-state index in [-0.39, 0.29) is 40.2 Å². The molecule has 1 heterocycles. The molecule has 4 fully saturated rings. The monoisotopic (exact) mass is 524 g/mol. The van der Waals surface area contributed by atoms with Crippen molar-refractivity contribution in [1.82, 2.24) is 4.90 Å². The number of hydrogen-bond donors (Lipinski definition) is 1. The number of nitrogens with zero attached hydrogens (tertiary/aromatic N) is 2. The van der Waals surface area contributed by atoms with Gasteiger partial charge < -0.3 is 14.7 Å². The molecule has 0 aromatic rings. The largest absolute Gasteiger partial charge is 0.480 e. The van der Waals surface area contributed by atoms with Crippen LogP contribution in [0.15, 0.2) is 16.6 Å². The lowest BCUT2D eigenvalue weighted by Gasteiger charge is -2.56. The van der Waals surface area contributed by atoms with Crippen molar-refractivity contribution < 1.29 is 14.6 Å². The van der Waals surface area contributed by atoms with Gasteiger partial charge in [-0.15, -0.1) is 0 Å². The van der Waals surface area contributed by atoms with Crippen LogP contribution in [0.5, 0.6) is 0 Å². The summed E-state index contributed by atoms with van der Waals surface area (Å²) in [5, 5.41) is 11.5. The van der Waals surface area contributed by atoms with E-state index in [2.05, 4.69) is 52.8 Å². The molecule has 6 aliphatic rings. The summed E-state index contributed by atoms with van der Waals surface area (Å²) in [5.74, 6) is 3.01. The van der Waals surface area contributed by atoms with Gasteiger partial charge in [-0.05, 0) is 88.6 Å². The topological polar surface area (TPSA) is 62.1 Å². The number of Topliss-reactive ketones (excluding diaryl/α,β-unsaturated/α-hetero) is 1. The van der Waals surface area contributed by atoms with E-state index in [1.807, 2.05) is 0 Å². The third kappa shape index (κ3) is 3.84. The molecule has 0 radical (unpaired) electrons. The van der Waals surface area contributed by atoms with E-state index in [9.17, 15) is 9.90 Å². The number of rotatable bonds is 3. The van der Waals surface area contributed by atoms with Gasteiger partial charge in [-0.1, -0.05) is 51.7 Å². The maximum atomic E-state index is 14.0. The zero-order valence-corrected chi connectivity index (χ0v) is 24.8. The first-order valence-corrected chi connectivity index (χ1v) is 15.8. The minimum atomic E-state index is -0.347. The van der Waals surface area contributed by atoms with Crippen molar-refractivity contribution in [2.45, 2.75) is 117 Å². The minimum Gasteiger partial charge on any atom is -0.480 e. The lowest BCUT2D eigenvalue weighted by molar-refractivity contribution is -0.147. The molecule has 4 unspecified atom stereocenters. The number of ketones is 1. The van der Waals surface area contributed by atoms with E-state index in [0.717, 1.165) is 44.6 Å². The number of carbonyl (C=O) groups is 1. The Morgan fingerprint density at radius 1 is 1.08 bits per heavy atom. The Labute approximate surface area is 230 Å². The number of hydrogen-bond acceptors (Lipinski definition) is 5. The lowest BCUT2D eigenvalue weighted by Crippen LogP contribution is -2.55. The van der Waals surface area contributed by atoms with Crippen molar-refractivity contribution in [3.8, 4) is 0 Å². The predicted molar refractivity (Wildman–Crippen MR) is 152 cm³/mol. The number of aliphatic imine (C=N–C) groups is 1. The third-order valence-electron chi connectivity index (χ3n) is 13.3. The summed E-state index contributed by atoms with van der Waals surface area (Å²) in [6, 6.07) is 0.546. The summed E-state index contributed by atoms with van der Waals surface area (Å²) in [6.07, 6.45) is 14.1. The fourth-order valence-corrected chi connectivity index (χ4v) is 10.7. The summed E-state index contributed by atoms with van der Waals surface area (Å²) >= 11 is 0. The van der Waals surface area contributed by atoms with Gasteiger partial charge in [0.2, 0.25) is 0 Å². The number of aliphatic hydroxyl groups is 1. The summed E-state index contributed by atoms with van der Waals surface area (Å²) in [4.78, 5) is 21.5. The van der Waals surface area contributed by atoms with E-state index in [4.69, 9.17) is 9.73 Å². The van der Waals surface area contributed by atoms with Crippen molar-refractivity contribution in [2.24, 2.45) is 50.8 Å². The molecule has 4 saturated carbocycles. The highest BCUT2D eigenvalue weighted by atomic mass is 16.5. The first-order chi connectivity index (χ1) is 18.0. The summed E-state index contributed by atoms with van der Waals surface area (Å²) in [5.41, 5.74) is 1.33. The molecule has 10 atom stereocenters. The van der Waals surface area contributed by atoms with Crippen LogP contribution in [0.1, 0.15) is 98.3 Å². The molecule has 5 aliphatic carbocycles. The molecule has 38 heavy (non-hydrogen) atoms. The van der Waals surface area contributed by atoms with Crippen molar-refractivity contribution in [3.63, 3.8) is 0 Å². The number of carbonyl (C=O) groups excluding carboxylic acids is 1. The van der Waals surface area contributed by atoms with Gasteiger partial charge in [-0.25, -0.2) is 0 Å². The van der Waals surface area contributed by atoms with Crippen molar-refractivity contribution in [2.75, 3.05) is 20.7 Å². The second-order valence-electron chi connectivity index (χ2n) is 15.2. The average molecular weight is 525 g/mol. The standard InChI is InChI=1S/C33H52N2O3/c1-20(35(5)6)29-27(37)18-32(3)25-14-13-24-22(16-23(25)26(36)17-33(29,32)4)12-15-28-31(24,2)19-38-30(34-28)21-10-8-7-9-11-21/h12,20-21,23-25,27-29,37H,7-11,13-19H2,1-6H3/t20-,23?,24?,25?,27+,28?,29-,31-,32-,33+/m0/s1. The van der Waals surface area contributed by atoms with Crippen LogP contribution in [0.4, 0.5) is 0 Å². The molecular formula is C33H52N2O3. The Balaban J connectivity index is 1.29. The zero-order valence-electron chi connectivity index (χ0n) is 24.8. The van der Waals surface area contributed by atoms with Crippen LogP contribution in [-0.2, 0) is 9.53 Å². The highest BCUT2D eigenvalue weighted by Crippen LogP contribution is 2.69. The Morgan fingerprint density at radius 3 is 2.53 bits per heavy atom. The maximum absolute atomic E-state index is 14.0. The lowest BCUT2D eigenvalue weighted by atomic mass is 9.48. The number of fused-ring (bicyclic) bond motifs is 6. The first kappa shape index (κ1) is 27.0. The summed E-state index contributed by atoms with van der Waals surface area (Å²) in [6.45, 7) is 10.2. The van der Waals surface area contributed by atoms with Crippen LogP contribution in [0.3, 0.4) is 0 Å². The van der Waals surface area contributed by atoms with Crippen LogP contribution in [0.25, 0.3) is 0 Å². The molecule has 1 N–H and O–H groups in total. The fourth-order valence-electron chi connectivity index (χ4n) is 10.7. The number of allylic oxidation sites excluding steroid dienone is 1. The van der Waals surface area contributed by atoms with E-state index >= 15 is 0 Å². The van der Waals surface area contributed by atoms with Gasteiger partial charge in [0.25, 0.3) is 0 Å². The van der Waals surface area contributed by atoms with Gasteiger partial charge in [-0.3, -0.25) is 9.79 Å². The fraction of sp³-hybridized carbons (Fsp3) is 0.879. The third-order valence-corrected chi connectivity index (χ3v) is 13.3. The molecule has 1 aliphatic heterocycles. The number of ether oxygens (including phenoxy) is 1. The Bertz CT molecular complexity index is 1010. The van der Waals surface area contributed by atoms with Gasteiger partial charge in [0.1, 0.15) is 5.78 Å². The average Bonchev–Trinajstić information content (AvgIpc) is 3.00.